The Bertz CT molecular complexity index is 150. The van der Waals surface area contributed by atoms with Crippen LogP contribution in [0.4, 0.5) is 0 Å². The predicted octanol–water partition coefficient (Wildman–Crippen LogP) is 2.40. The second-order valence-electron chi connectivity index (χ2n) is 3.49. The fourth-order valence-electron chi connectivity index (χ4n) is 0.665. The molecule has 0 amide bonds. The maximum Gasteiger partial charge on any atom is 0.306 e. The molecular formula is C10H18O2. The van der Waals surface area contributed by atoms with E-state index in [4.69, 9.17) is 4.74 Å². The molecule has 1 atom stereocenters. The summed E-state index contributed by atoms with van der Waals surface area (Å²) in [5.41, 5.74) is 0. The average Bonchev–Trinajstić information content (AvgIpc) is 2.00. The molecule has 12 heavy (non-hydrogen) atoms. The van der Waals surface area contributed by atoms with Gasteiger partial charge in [-0.25, -0.2) is 0 Å². The molecule has 0 saturated carbocycles. The van der Waals surface area contributed by atoms with Crippen molar-refractivity contribution < 1.29 is 9.53 Å². The van der Waals surface area contributed by atoms with Gasteiger partial charge in [0.2, 0.25) is 0 Å². The molecule has 0 aromatic carbocycles. The molecule has 0 radical (unpaired) electrons. The maximum atomic E-state index is 11.0. The third kappa shape index (κ3) is 5.96. The van der Waals surface area contributed by atoms with Crippen molar-refractivity contribution in [1.82, 2.24) is 0 Å². The third-order valence-electron chi connectivity index (χ3n) is 1.47. The van der Waals surface area contributed by atoms with Crippen molar-refractivity contribution in [3.63, 3.8) is 0 Å². The van der Waals surface area contributed by atoms with Crippen molar-refractivity contribution in [2.75, 3.05) is 6.61 Å². The lowest BCUT2D eigenvalue weighted by Crippen LogP contribution is -2.12. The smallest absolute Gasteiger partial charge is 0.306 e. The largest absolute Gasteiger partial charge is 0.465 e. The first-order valence-electron chi connectivity index (χ1n) is 4.34. The van der Waals surface area contributed by atoms with Gasteiger partial charge in [0.05, 0.1) is 13.0 Å². The van der Waals surface area contributed by atoms with E-state index in [1.165, 1.54) is 0 Å². The second-order valence-corrected chi connectivity index (χ2v) is 3.49. The normalized spacial score (nSPS) is 12.7. The monoisotopic (exact) mass is 170 g/mol. The highest BCUT2D eigenvalue weighted by atomic mass is 16.5. The van der Waals surface area contributed by atoms with Gasteiger partial charge >= 0.3 is 5.97 Å². The molecule has 0 aliphatic heterocycles. The van der Waals surface area contributed by atoms with Crippen LogP contribution >= 0.6 is 0 Å². The molecule has 2 nitrogen and oxygen atoms in total. The van der Waals surface area contributed by atoms with Crippen LogP contribution in [-0.4, -0.2) is 12.6 Å². The van der Waals surface area contributed by atoms with E-state index < -0.39 is 0 Å². The Morgan fingerprint density at radius 3 is 2.50 bits per heavy atom. The quantitative estimate of drug-likeness (QED) is 0.468. The summed E-state index contributed by atoms with van der Waals surface area (Å²) in [6, 6.07) is 0. The molecule has 0 aliphatic rings. The highest BCUT2D eigenvalue weighted by Crippen LogP contribution is 2.04. The molecule has 0 N–H and O–H groups in total. The molecular weight excluding hydrogens is 152 g/mol. The summed E-state index contributed by atoms with van der Waals surface area (Å²) in [4.78, 5) is 11.0. The van der Waals surface area contributed by atoms with Crippen LogP contribution in [0.5, 0.6) is 0 Å². The van der Waals surface area contributed by atoms with Crippen LogP contribution < -0.4 is 0 Å². The minimum Gasteiger partial charge on any atom is -0.465 e. The Balaban J connectivity index is 3.53. The van der Waals surface area contributed by atoms with E-state index >= 15 is 0 Å². The Hall–Kier alpha value is -0.790. The molecule has 2 heteroatoms. The van der Waals surface area contributed by atoms with E-state index in [9.17, 15) is 4.79 Å². The lowest BCUT2D eigenvalue weighted by Gasteiger charge is -2.08. The zero-order valence-electron chi connectivity index (χ0n) is 8.17. The summed E-state index contributed by atoms with van der Waals surface area (Å²) in [5.74, 6) is 0.494. The standard InChI is InChI=1S/C10H18O2/c1-5-9(4)6-10(11)12-7-8(2)3/h5,8-9H,1,6-7H2,2-4H3. The van der Waals surface area contributed by atoms with Gasteiger partial charge in [-0.2, -0.15) is 0 Å². The number of hydrogen-bond acceptors (Lipinski definition) is 2. The number of esters is 1. The summed E-state index contributed by atoms with van der Waals surface area (Å²) >= 11 is 0. The minimum absolute atomic E-state index is 0.129. The molecule has 1 unspecified atom stereocenters. The molecule has 70 valence electrons. The van der Waals surface area contributed by atoms with Crippen molar-refractivity contribution in [2.24, 2.45) is 11.8 Å². The molecule has 0 bridgehead atoms. The first-order chi connectivity index (χ1) is 5.56. The minimum atomic E-state index is -0.129. The predicted molar refractivity (Wildman–Crippen MR) is 49.8 cm³/mol. The highest BCUT2D eigenvalue weighted by Gasteiger charge is 2.07. The van der Waals surface area contributed by atoms with Crippen LogP contribution in [-0.2, 0) is 9.53 Å². The number of carbonyl (C=O) groups is 1. The molecule has 0 fully saturated rings. The Morgan fingerprint density at radius 1 is 1.50 bits per heavy atom. The van der Waals surface area contributed by atoms with E-state index in [-0.39, 0.29) is 11.9 Å². The number of hydrogen-bond donors (Lipinski definition) is 0. The second kappa shape index (κ2) is 5.81. The molecule has 0 rings (SSSR count). The van der Waals surface area contributed by atoms with Crippen LogP contribution in [0, 0.1) is 11.8 Å². The van der Waals surface area contributed by atoms with Gasteiger partial charge in [0.15, 0.2) is 0 Å². The summed E-state index contributed by atoms with van der Waals surface area (Å²) in [6.45, 7) is 10.1. The number of ether oxygens (including phenoxy) is 1. The van der Waals surface area contributed by atoms with Gasteiger partial charge in [-0.05, 0) is 11.8 Å². The molecule has 0 aromatic rings. The van der Waals surface area contributed by atoms with Crippen molar-refractivity contribution in [1.29, 1.82) is 0 Å². The number of allylic oxidation sites excluding steroid dienone is 1. The lowest BCUT2D eigenvalue weighted by atomic mass is 10.1. The SMILES string of the molecule is C=CC(C)CC(=O)OCC(C)C. The summed E-state index contributed by atoms with van der Waals surface area (Å²) in [7, 11) is 0. The van der Waals surface area contributed by atoms with E-state index in [0.29, 0.717) is 18.9 Å². The Morgan fingerprint density at radius 2 is 2.08 bits per heavy atom. The zero-order chi connectivity index (χ0) is 9.56. The topological polar surface area (TPSA) is 26.3 Å². The van der Waals surface area contributed by atoms with E-state index in [0.717, 1.165) is 0 Å². The van der Waals surface area contributed by atoms with Crippen molar-refractivity contribution in [2.45, 2.75) is 27.2 Å². The van der Waals surface area contributed by atoms with Gasteiger partial charge in [0.25, 0.3) is 0 Å². The molecule has 0 aliphatic carbocycles. The molecule has 0 aromatic heterocycles. The summed E-state index contributed by atoms with van der Waals surface area (Å²) in [5, 5.41) is 0. The Labute approximate surface area is 74.6 Å². The van der Waals surface area contributed by atoms with Crippen molar-refractivity contribution >= 4 is 5.97 Å². The first kappa shape index (κ1) is 11.2. The third-order valence-corrected chi connectivity index (χ3v) is 1.47. The Kier molecular flexibility index (Phi) is 5.43. The average molecular weight is 170 g/mol. The van der Waals surface area contributed by atoms with E-state index in [2.05, 4.69) is 6.58 Å². The highest BCUT2D eigenvalue weighted by molar-refractivity contribution is 5.69. The van der Waals surface area contributed by atoms with Crippen molar-refractivity contribution in [3.05, 3.63) is 12.7 Å². The fourth-order valence-corrected chi connectivity index (χ4v) is 0.665. The van der Waals surface area contributed by atoms with Gasteiger partial charge in [0, 0.05) is 0 Å². The summed E-state index contributed by atoms with van der Waals surface area (Å²) < 4.78 is 4.99. The first-order valence-corrected chi connectivity index (χ1v) is 4.34. The van der Waals surface area contributed by atoms with Gasteiger partial charge in [-0.15, -0.1) is 6.58 Å². The molecule has 0 heterocycles. The maximum absolute atomic E-state index is 11.0. The van der Waals surface area contributed by atoms with Gasteiger partial charge in [-0.3, -0.25) is 4.79 Å². The van der Waals surface area contributed by atoms with Crippen LogP contribution in [0.25, 0.3) is 0 Å². The van der Waals surface area contributed by atoms with Crippen LogP contribution in [0.2, 0.25) is 0 Å². The van der Waals surface area contributed by atoms with Crippen LogP contribution in [0.15, 0.2) is 12.7 Å². The lowest BCUT2D eigenvalue weighted by molar-refractivity contribution is -0.145. The van der Waals surface area contributed by atoms with Crippen molar-refractivity contribution in [3.8, 4) is 0 Å². The molecule has 0 saturated heterocycles. The van der Waals surface area contributed by atoms with E-state index in [1.54, 1.807) is 6.08 Å². The van der Waals surface area contributed by atoms with E-state index in [1.807, 2.05) is 20.8 Å². The van der Waals surface area contributed by atoms with Crippen LogP contribution in [0.1, 0.15) is 27.2 Å². The number of carbonyl (C=O) groups excluding carboxylic acids is 1. The zero-order valence-corrected chi connectivity index (χ0v) is 8.17. The van der Waals surface area contributed by atoms with Gasteiger partial charge in [0.1, 0.15) is 0 Å². The van der Waals surface area contributed by atoms with Gasteiger partial charge < -0.3 is 4.74 Å². The van der Waals surface area contributed by atoms with Crippen LogP contribution in [0.3, 0.4) is 0 Å². The van der Waals surface area contributed by atoms with Gasteiger partial charge in [-0.1, -0.05) is 26.8 Å². The summed E-state index contributed by atoms with van der Waals surface area (Å²) in [6.07, 6.45) is 2.20. The molecule has 0 spiro atoms. The number of rotatable bonds is 5. The fraction of sp³-hybridized carbons (Fsp3) is 0.700.